The van der Waals surface area contributed by atoms with E-state index in [1.54, 1.807) is 0 Å². The predicted octanol–water partition coefficient (Wildman–Crippen LogP) is 2.14. The van der Waals surface area contributed by atoms with Crippen LogP contribution in [0.5, 0.6) is 5.75 Å². The Bertz CT molecular complexity index is 435. The van der Waals surface area contributed by atoms with Gasteiger partial charge in [0, 0.05) is 22.0 Å². The summed E-state index contributed by atoms with van der Waals surface area (Å²) < 4.78 is 0. The monoisotopic (exact) mass is 257 g/mol. The first-order valence-electron chi connectivity index (χ1n) is 4.91. The summed E-state index contributed by atoms with van der Waals surface area (Å²) in [6, 6.07) is 4.21. The first-order chi connectivity index (χ1) is 8.06. The van der Waals surface area contributed by atoms with Crippen molar-refractivity contribution in [3.8, 4) is 5.75 Å². The summed E-state index contributed by atoms with van der Waals surface area (Å²) in [7, 11) is 0. The molecule has 0 saturated heterocycles. The number of aromatic hydroxyl groups is 1. The van der Waals surface area contributed by atoms with E-state index < -0.39 is 12.2 Å². The van der Waals surface area contributed by atoms with Crippen molar-refractivity contribution in [1.29, 1.82) is 0 Å². The van der Waals surface area contributed by atoms with E-state index in [1.807, 2.05) is 0 Å². The molecule has 3 N–H and O–H groups in total. The minimum absolute atomic E-state index is 0.0725. The van der Waals surface area contributed by atoms with E-state index in [0.29, 0.717) is 5.02 Å². The Kier molecular flexibility index (Phi) is 5.06. The van der Waals surface area contributed by atoms with Gasteiger partial charge in [0.25, 0.3) is 0 Å². The fourth-order valence-corrected chi connectivity index (χ4v) is 1.53. The summed E-state index contributed by atoms with van der Waals surface area (Å²) in [5, 5.41) is 32.5. The number of hydrogen-bond donors (Lipinski definition) is 3. The van der Waals surface area contributed by atoms with Crippen LogP contribution in [0.15, 0.2) is 23.3 Å². The summed E-state index contributed by atoms with van der Waals surface area (Å²) in [4.78, 5) is 2.53. The SMILES string of the molecule is [N-]=[N+]=NCCC(O)C(O)c1ccc(Cl)cc1O. The van der Waals surface area contributed by atoms with Gasteiger partial charge in [-0.3, -0.25) is 0 Å². The van der Waals surface area contributed by atoms with Gasteiger partial charge in [-0.25, -0.2) is 0 Å². The molecule has 0 aromatic heterocycles. The van der Waals surface area contributed by atoms with Crippen molar-refractivity contribution in [1.82, 2.24) is 0 Å². The number of aliphatic hydroxyl groups is 2. The van der Waals surface area contributed by atoms with Crippen molar-refractivity contribution in [3.05, 3.63) is 39.2 Å². The van der Waals surface area contributed by atoms with E-state index in [0.717, 1.165) is 0 Å². The lowest BCUT2D eigenvalue weighted by Crippen LogP contribution is -2.19. The summed E-state index contributed by atoms with van der Waals surface area (Å²) >= 11 is 5.64. The van der Waals surface area contributed by atoms with E-state index in [-0.39, 0.29) is 24.3 Å². The van der Waals surface area contributed by atoms with Gasteiger partial charge < -0.3 is 15.3 Å². The van der Waals surface area contributed by atoms with Gasteiger partial charge in [-0.15, -0.1) is 0 Å². The smallest absolute Gasteiger partial charge is 0.122 e. The molecule has 1 rings (SSSR count). The lowest BCUT2D eigenvalue weighted by molar-refractivity contribution is 0.0137. The molecule has 17 heavy (non-hydrogen) atoms. The Labute approximate surface area is 103 Å². The number of azide groups is 1. The number of benzene rings is 1. The lowest BCUT2D eigenvalue weighted by atomic mass is 10.0. The second kappa shape index (κ2) is 6.32. The number of hydrogen-bond acceptors (Lipinski definition) is 4. The summed E-state index contributed by atoms with van der Waals surface area (Å²) in [5.41, 5.74) is 8.25. The predicted molar refractivity (Wildman–Crippen MR) is 62.7 cm³/mol. The molecule has 1 aromatic carbocycles. The minimum atomic E-state index is -1.25. The zero-order valence-corrected chi connectivity index (χ0v) is 9.62. The van der Waals surface area contributed by atoms with E-state index >= 15 is 0 Å². The molecular weight excluding hydrogens is 246 g/mol. The van der Waals surface area contributed by atoms with Crippen LogP contribution in [-0.4, -0.2) is 28.0 Å². The molecule has 1 aromatic rings. The number of phenols is 1. The normalized spacial score (nSPS) is 13.8. The highest BCUT2D eigenvalue weighted by Crippen LogP contribution is 2.29. The fraction of sp³-hybridized carbons (Fsp3) is 0.400. The maximum Gasteiger partial charge on any atom is 0.122 e. The zero-order chi connectivity index (χ0) is 12.8. The number of aliphatic hydroxyl groups excluding tert-OH is 2. The van der Waals surface area contributed by atoms with Crippen LogP contribution >= 0.6 is 11.6 Å². The molecule has 0 aliphatic heterocycles. The van der Waals surface area contributed by atoms with E-state index in [2.05, 4.69) is 10.0 Å². The van der Waals surface area contributed by atoms with Gasteiger partial charge in [0.15, 0.2) is 0 Å². The maximum atomic E-state index is 9.77. The highest BCUT2D eigenvalue weighted by atomic mass is 35.5. The Morgan fingerprint density at radius 3 is 2.71 bits per heavy atom. The van der Waals surface area contributed by atoms with E-state index in [4.69, 9.17) is 17.1 Å². The second-order valence-electron chi connectivity index (χ2n) is 3.46. The van der Waals surface area contributed by atoms with Crippen LogP contribution in [0.3, 0.4) is 0 Å². The van der Waals surface area contributed by atoms with E-state index in [9.17, 15) is 15.3 Å². The second-order valence-corrected chi connectivity index (χ2v) is 3.89. The van der Waals surface area contributed by atoms with Crippen LogP contribution in [0.1, 0.15) is 18.1 Å². The molecule has 0 aliphatic carbocycles. The fourth-order valence-electron chi connectivity index (χ4n) is 1.37. The molecule has 7 heteroatoms. The first kappa shape index (κ1) is 13.6. The van der Waals surface area contributed by atoms with Gasteiger partial charge in [-0.1, -0.05) is 22.8 Å². The summed E-state index contributed by atoms with van der Waals surface area (Å²) in [6.07, 6.45) is -2.26. The first-order valence-corrected chi connectivity index (χ1v) is 5.29. The summed E-state index contributed by atoms with van der Waals surface area (Å²) in [5.74, 6) is -0.187. The van der Waals surface area contributed by atoms with Crippen molar-refractivity contribution in [2.75, 3.05) is 6.54 Å². The largest absolute Gasteiger partial charge is 0.508 e. The molecule has 0 spiro atoms. The van der Waals surface area contributed by atoms with Gasteiger partial charge in [0.2, 0.25) is 0 Å². The number of phenolic OH excluding ortho intramolecular Hbond substituents is 1. The molecule has 0 aliphatic rings. The topological polar surface area (TPSA) is 109 Å². The van der Waals surface area contributed by atoms with Gasteiger partial charge >= 0.3 is 0 Å². The molecule has 2 atom stereocenters. The number of nitrogens with zero attached hydrogens (tertiary/aromatic N) is 3. The van der Waals surface area contributed by atoms with Crippen LogP contribution in [0.4, 0.5) is 0 Å². The minimum Gasteiger partial charge on any atom is -0.508 e. The Hall–Kier alpha value is -1.46. The highest BCUT2D eigenvalue weighted by Gasteiger charge is 2.20. The van der Waals surface area contributed by atoms with Gasteiger partial charge in [0.1, 0.15) is 11.9 Å². The van der Waals surface area contributed by atoms with Crippen molar-refractivity contribution < 1.29 is 15.3 Å². The lowest BCUT2D eigenvalue weighted by Gasteiger charge is -2.18. The molecule has 0 fully saturated rings. The molecule has 0 radical (unpaired) electrons. The zero-order valence-electron chi connectivity index (χ0n) is 8.86. The highest BCUT2D eigenvalue weighted by molar-refractivity contribution is 6.30. The van der Waals surface area contributed by atoms with Gasteiger partial charge in [-0.2, -0.15) is 0 Å². The number of halogens is 1. The van der Waals surface area contributed by atoms with Crippen LogP contribution in [0.25, 0.3) is 10.4 Å². The van der Waals surface area contributed by atoms with Crippen molar-refractivity contribution in [3.63, 3.8) is 0 Å². The molecule has 0 bridgehead atoms. The number of rotatable bonds is 5. The average Bonchev–Trinajstić information content (AvgIpc) is 2.28. The van der Waals surface area contributed by atoms with Crippen LogP contribution in [0, 0.1) is 0 Å². The maximum absolute atomic E-state index is 9.77. The van der Waals surface area contributed by atoms with Crippen molar-refractivity contribution in [2.45, 2.75) is 18.6 Å². The van der Waals surface area contributed by atoms with E-state index in [1.165, 1.54) is 18.2 Å². The average molecular weight is 258 g/mol. The Morgan fingerprint density at radius 1 is 1.41 bits per heavy atom. The third-order valence-corrected chi connectivity index (χ3v) is 2.50. The van der Waals surface area contributed by atoms with Crippen molar-refractivity contribution in [2.24, 2.45) is 5.11 Å². The Balaban J connectivity index is 2.73. The molecular formula is C10H12ClN3O3. The molecule has 2 unspecified atom stereocenters. The summed E-state index contributed by atoms with van der Waals surface area (Å²) in [6.45, 7) is 0.0725. The molecule has 92 valence electrons. The third kappa shape index (κ3) is 3.80. The van der Waals surface area contributed by atoms with Crippen LogP contribution in [0.2, 0.25) is 5.02 Å². The quantitative estimate of drug-likeness (QED) is 0.427. The molecule has 6 nitrogen and oxygen atoms in total. The van der Waals surface area contributed by atoms with Crippen LogP contribution in [-0.2, 0) is 0 Å². The molecule has 0 saturated carbocycles. The van der Waals surface area contributed by atoms with Gasteiger partial charge in [0.05, 0.1) is 6.10 Å². The standard InChI is InChI=1S/C10H12ClN3O3/c11-6-1-2-7(9(16)5-6)10(17)8(15)3-4-13-14-12/h1-2,5,8,10,15-17H,3-4H2. The van der Waals surface area contributed by atoms with Crippen LogP contribution < -0.4 is 0 Å². The van der Waals surface area contributed by atoms with Crippen molar-refractivity contribution >= 4 is 11.6 Å². The molecule has 0 heterocycles. The third-order valence-electron chi connectivity index (χ3n) is 2.26. The molecule has 0 amide bonds. The Morgan fingerprint density at radius 2 is 2.12 bits per heavy atom. The van der Waals surface area contributed by atoms with Gasteiger partial charge in [-0.05, 0) is 24.1 Å².